The normalized spacial score (nSPS) is 13.0. The van der Waals surface area contributed by atoms with Crippen molar-refractivity contribution in [3.05, 3.63) is 35.6 Å². The Balaban J connectivity index is 2.34. The van der Waals surface area contributed by atoms with Gasteiger partial charge in [-0.05, 0) is 19.5 Å². The highest BCUT2D eigenvalue weighted by Gasteiger charge is 2.19. The maximum absolute atomic E-state index is 6.00. The van der Waals surface area contributed by atoms with Gasteiger partial charge in [-0.1, -0.05) is 51.3 Å². The second-order valence-electron chi connectivity index (χ2n) is 5.13. The first-order valence-electron chi connectivity index (χ1n) is 7.49. The quantitative estimate of drug-likeness (QED) is 0.720. The summed E-state index contributed by atoms with van der Waals surface area (Å²) in [7, 11) is 2.05. The molecular weight excluding hydrogens is 234 g/mol. The van der Waals surface area contributed by atoms with Crippen LogP contribution in [0.1, 0.15) is 56.9 Å². The van der Waals surface area contributed by atoms with Gasteiger partial charge < -0.3 is 9.73 Å². The van der Waals surface area contributed by atoms with Gasteiger partial charge in [0.05, 0.1) is 0 Å². The first-order valence-corrected chi connectivity index (χ1v) is 7.49. The van der Waals surface area contributed by atoms with Gasteiger partial charge in [0.25, 0.3) is 0 Å². The van der Waals surface area contributed by atoms with Gasteiger partial charge in [-0.15, -0.1) is 0 Å². The molecule has 2 aromatic rings. The van der Waals surface area contributed by atoms with E-state index >= 15 is 0 Å². The molecule has 2 heteroatoms. The molecule has 0 aliphatic heterocycles. The Morgan fingerprint density at radius 1 is 1.16 bits per heavy atom. The molecular formula is C17H25NO. The summed E-state index contributed by atoms with van der Waals surface area (Å²) in [6.45, 7) is 4.42. The molecule has 0 radical (unpaired) electrons. The molecule has 0 spiro atoms. The zero-order valence-electron chi connectivity index (χ0n) is 12.3. The molecule has 1 N–H and O–H groups in total. The molecule has 1 unspecified atom stereocenters. The second-order valence-corrected chi connectivity index (χ2v) is 5.13. The summed E-state index contributed by atoms with van der Waals surface area (Å²) in [5.74, 6) is 1.14. The topological polar surface area (TPSA) is 25.2 Å². The van der Waals surface area contributed by atoms with E-state index in [0.717, 1.165) is 17.8 Å². The Labute approximate surface area is 116 Å². The maximum Gasteiger partial charge on any atom is 0.134 e. The zero-order chi connectivity index (χ0) is 13.7. The summed E-state index contributed by atoms with van der Waals surface area (Å²) in [6, 6.07) is 8.79. The van der Waals surface area contributed by atoms with Crippen molar-refractivity contribution < 1.29 is 4.42 Å². The fourth-order valence-corrected chi connectivity index (χ4v) is 2.79. The van der Waals surface area contributed by atoms with Gasteiger partial charge in [0.1, 0.15) is 11.3 Å². The van der Waals surface area contributed by atoms with E-state index in [1.165, 1.54) is 36.6 Å². The Morgan fingerprint density at radius 2 is 1.95 bits per heavy atom. The molecule has 0 aliphatic rings. The molecule has 0 saturated heterocycles. The number of hydrogen-bond acceptors (Lipinski definition) is 2. The maximum atomic E-state index is 6.00. The van der Waals surface area contributed by atoms with Crippen molar-refractivity contribution in [2.75, 3.05) is 7.05 Å². The molecule has 2 nitrogen and oxygen atoms in total. The zero-order valence-corrected chi connectivity index (χ0v) is 12.3. The minimum absolute atomic E-state index is 0.408. The largest absolute Gasteiger partial charge is 0.461 e. The van der Waals surface area contributed by atoms with Crippen LogP contribution in [0.3, 0.4) is 0 Å². The number of unbranched alkanes of at least 4 members (excludes halogenated alkanes) is 2. The summed E-state index contributed by atoms with van der Waals surface area (Å²) in [5, 5.41) is 4.74. The van der Waals surface area contributed by atoms with Gasteiger partial charge in [0, 0.05) is 23.4 Å². The second kappa shape index (κ2) is 6.76. The number of para-hydroxylation sites is 1. The van der Waals surface area contributed by atoms with Crippen LogP contribution < -0.4 is 5.32 Å². The van der Waals surface area contributed by atoms with Crippen molar-refractivity contribution in [3.8, 4) is 0 Å². The van der Waals surface area contributed by atoms with Crippen molar-refractivity contribution in [1.82, 2.24) is 5.32 Å². The van der Waals surface area contributed by atoms with Crippen LogP contribution in [-0.4, -0.2) is 7.05 Å². The van der Waals surface area contributed by atoms with Gasteiger partial charge in [0.2, 0.25) is 0 Å². The smallest absolute Gasteiger partial charge is 0.134 e. The number of nitrogens with one attached hydrogen (secondary N) is 1. The molecule has 1 heterocycles. The monoisotopic (exact) mass is 259 g/mol. The molecule has 1 aromatic heterocycles. The molecule has 0 saturated carbocycles. The van der Waals surface area contributed by atoms with E-state index in [4.69, 9.17) is 4.42 Å². The highest BCUT2D eigenvalue weighted by Crippen LogP contribution is 2.33. The van der Waals surface area contributed by atoms with Gasteiger partial charge in [-0.25, -0.2) is 0 Å². The Morgan fingerprint density at radius 3 is 2.63 bits per heavy atom. The molecule has 0 bridgehead atoms. The Hall–Kier alpha value is -1.28. The lowest BCUT2D eigenvalue weighted by molar-refractivity contribution is 0.487. The third-order valence-corrected chi connectivity index (χ3v) is 3.83. The lowest BCUT2D eigenvalue weighted by Gasteiger charge is -2.16. The summed E-state index contributed by atoms with van der Waals surface area (Å²) >= 11 is 0. The van der Waals surface area contributed by atoms with Crippen LogP contribution in [0.4, 0.5) is 0 Å². The minimum atomic E-state index is 0.408. The SMILES string of the molecule is CCCCCC(NC)c1c(CC)oc2ccccc12. The fraction of sp³-hybridized carbons (Fsp3) is 0.529. The highest BCUT2D eigenvalue weighted by molar-refractivity contribution is 5.82. The number of aryl methyl sites for hydroxylation is 1. The van der Waals surface area contributed by atoms with Crippen LogP contribution in [0, 0.1) is 0 Å². The molecule has 104 valence electrons. The molecule has 1 aromatic carbocycles. The van der Waals surface area contributed by atoms with Crippen LogP contribution in [0.5, 0.6) is 0 Å². The molecule has 1 atom stereocenters. The fourth-order valence-electron chi connectivity index (χ4n) is 2.79. The van der Waals surface area contributed by atoms with E-state index < -0.39 is 0 Å². The van der Waals surface area contributed by atoms with Gasteiger partial charge in [0.15, 0.2) is 0 Å². The van der Waals surface area contributed by atoms with E-state index in [-0.39, 0.29) is 0 Å². The van der Waals surface area contributed by atoms with Crippen molar-refractivity contribution in [3.63, 3.8) is 0 Å². The Kier molecular flexibility index (Phi) is 5.03. The van der Waals surface area contributed by atoms with E-state index in [1.807, 2.05) is 6.07 Å². The average molecular weight is 259 g/mol. The molecule has 19 heavy (non-hydrogen) atoms. The van der Waals surface area contributed by atoms with Gasteiger partial charge in [-0.3, -0.25) is 0 Å². The third kappa shape index (κ3) is 3.01. The summed E-state index contributed by atoms with van der Waals surface area (Å²) in [6.07, 6.45) is 5.97. The molecule has 0 amide bonds. The highest BCUT2D eigenvalue weighted by atomic mass is 16.3. The predicted molar refractivity (Wildman–Crippen MR) is 81.5 cm³/mol. The van der Waals surface area contributed by atoms with E-state index in [1.54, 1.807) is 0 Å². The van der Waals surface area contributed by atoms with Crippen molar-refractivity contribution in [1.29, 1.82) is 0 Å². The number of fused-ring (bicyclic) bond motifs is 1. The van der Waals surface area contributed by atoms with Gasteiger partial charge in [-0.2, -0.15) is 0 Å². The summed E-state index contributed by atoms with van der Waals surface area (Å²) < 4.78 is 6.00. The van der Waals surface area contributed by atoms with Gasteiger partial charge >= 0.3 is 0 Å². The number of hydrogen-bond donors (Lipinski definition) is 1. The van der Waals surface area contributed by atoms with E-state index in [2.05, 4.69) is 44.4 Å². The number of furan rings is 1. The molecule has 0 aliphatic carbocycles. The van der Waals surface area contributed by atoms with Crippen molar-refractivity contribution in [2.24, 2.45) is 0 Å². The molecule has 0 fully saturated rings. The number of benzene rings is 1. The minimum Gasteiger partial charge on any atom is -0.461 e. The Bertz CT molecular complexity index is 515. The van der Waals surface area contributed by atoms with E-state index in [9.17, 15) is 0 Å². The standard InChI is InChI=1S/C17H25NO/c1-4-6-7-11-14(18-3)17-13-10-8-9-12-16(13)19-15(17)5-2/h8-10,12,14,18H,4-7,11H2,1-3H3. The first kappa shape index (κ1) is 14.1. The van der Waals surface area contributed by atoms with Crippen LogP contribution >= 0.6 is 0 Å². The van der Waals surface area contributed by atoms with Crippen LogP contribution in [0.15, 0.2) is 28.7 Å². The molecule has 2 rings (SSSR count). The van der Waals surface area contributed by atoms with Crippen molar-refractivity contribution in [2.45, 2.75) is 52.0 Å². The van der Waals surface area contributed by atoms with Crippen molar-refractivity contribution >= 4 is 11.0 Å². The summed E-state index contributed by atoms with van der Waals surface area (Å²) in [5.41, 5.74) is 2.39. The van der Waals surface area contributed by atoms with Crippen LogP contribution in [-0.2, 0) is 6.42 Å². The summed E-state index contributed by atoms with van der Waals surface area (Å²) in [4.78, 5) is 0. The number of rotatable bonds is 7. The lowest BCUT2D eigenvalue weighted by Crippen LogP contribution is -2.17. The lowest BCUT2D eigenvalue weighted by atomic mass is 9.97. The first-order chi connectivity index (χ1) is 9.31. The predicted octanol–water partition coefficient (Wildman–Crippen LogP) is 4.84. The van der Waals surface area contributed by atoms with E-state index in [0.29, 0.717) is 6.04 Å². The average Bonchev–Trinajstić information content (AvgIpc) is 2.82. The third-order valence-electron chi connectivity index (χ3n) is 3.83. The van der Waals surface area contributed by atoms with Crippen LogP contribution in [0.2, 0.25) is 0 Å². The van der Waals surface area contributed by atoms with Crippen LogP contribution in [0.25, 0.3) is 11.0 Å².